The molecule has 0 atom stereocenters. The second kappa shape index (κ2) is 8.16. The van der Waals surface area contributed by atoms with Crippen molar-refractivity contribution in [2.75, 3.05) is 37.6 Å². The maximum Gasteiger partial charge on any atom is 0.290 e. The van der Waals surface area contributed by atoms with Crippen LogP contribution in [-0.2, 0) is 4.79 Å². The van der Waals surface area contributed by atoms with Crippen LogP contribution in [0.3, 0.4) is 0 Å². The number of thioether (sulfide) groups is 1. The van der Waals surface area contributed by atoms with Gasteiger partial charge in [-0.2, -0.15) is 5.10 Å². The Bertz CT molecular complexity index is 1180. The van der Waals surface area contributed by atoms with Crippen molar-refractivity contribution in [3.05, 3.63) is 53.2 Å². The van der Waals surface area contributed by atoms with E-state index in [1.807, 2.05) is 12.1 Å². The molecule has 0 bridgehead atoms. The molecule has 0 radical (unpaired) electrons. The zero-order valence-electron chi connectivity index (χ0n) is 17.1. The first-order chi connectivity index (χ1) is 15.1. The molecule has 8 nitrogen and oxygen atoms in total. The number of hydrogen-bond donors (Lipinski definition) is 1. The summed E-state index contributed by atoms with van der Waals surface area (Å²) in [6.07, 6.45) is 3.40. The number of imide groups is 1. The molecule has 2 aliphatic rings. The fraction of sp³-hybridized carbons (Fsp3) is 0.273. The van der Waals surface area contributed by atoms with Gasteiger partial charge in [0.2, 0.25) is 0 Å². The zero-order valence-corrected chi connectivity index (χ0v) is 17.9. The van der Waals surface area contributed by atoms with Crippen molar-refractivity contribution in [2.24, 2.45) is 0 Å². The SMILES string of the molecule is CCN1CCN(c2ccc(-n3ncc4ccc(/C=C5\SC(=O)NC5=O)nc43)cc2)CC1. The number of nitrogens with one attached hydrogen (secondary N) is 1. The van der Waals surface area contributed by atoms with Gasteiger partial charge >= 0.3 is 0 Å². The number of benzene rings is 1. The largest absolute Gasteiger partial charge is 0.369 e. The summed E-state index contributed by atoms with van der Waals surface area (Å²) >= 11 is 0.885. The average molecular weight is 435 g/mol. The summed E-state index contributed by atoms with van der Waals surface area (Å²) in [6, 6.07) is 12.1. The molecule has 2 amide bonds. The van der Waals surface area contributed by atoms with E-state index in [2.05, 4.69) is 56.4 Å². The van der Waals surface area contributed by atoms with Gasteiger partial charge in [0, 0.05) is 37.3 Å². The standard InChI is InChI=1S/C22H22N6O2S/c1-2-26-9-11-27(12-10-26)17-5-7-18(8-6-17)28-20-15(14-23-28)3-4-16(24-20)13-19-21(29)25-22(30)31-19/h3-8,13-14H,2,9-12H2,1H3,(H,25,29,30)/b19-13-. The van der Waals surface area contributed by atoms with Crippen LogP contribution in [0, 0.1) is 0 Å². The smallest absolute Gasteiger partial charge is 0.290 e. The highest BCUT2D eigenvalue weighted by Gasteiger charge is 2.25. The lowest BCUT2D eigenvalue weighted by molar-refractivity contribution is -0.115. The van der Waals surface area contributed by atoms with Gasteiger partial charge in [-0.1, -0.05) is 6.92 Å². The predicted octanol–water partition coefficient (Wildman–Crippen LogP) is 2.89. The van der Waals surface area contributed by atoms with E-state index in [0.717, 1.165) is 55.6 Å². The molecular weight excluding hydrogens is 412 g/mol. The third kappa shape index (κ3) is 3.94. The molecule has 0 spiro atoms. The first-order valence-electron chi connectivity index (χ1n) is 10.3. The van der Waals surface area contributed by atoms with Crippen molar-refractivity contribution < 1.29 is 9.59 Å². The van der Waals surface area contributed by atoms with Gasteiger partial charge < -0.3 is 9.80 Å². The van der Waals surface area contributed by atoms with E-state index in [0.29, 0.717) is 16.2 Å². The molecule has 2 fully saturated rings. The Morgan fingerprint density at radius 1 is 1.03 bits per heavy atom. The molecular formula is C22H22N6O2S. The van der Waals surface area contributed by atoms with Crippen molar-refractivity contribution >= 4 is 45.7 Å². The third-order valence-corrected chi connectivity index (χ3v) is 6.45. The summed E-state index contributed by atoms with van der Waals surface area (Å²) in [7, 11) is 0. The van der Waals surface area contributed by atoms with E-state index in [1.165, 1.54) is 5.69 Å². The Hall–Kier alpha value is -3.17. The van der Waals surface area contributed by atoms with Crippen LogP contribution in [-0.4, -0.2) is 63.5 Å². The maximum absolute atomic E-state index is 11.8. The number of carbonyl (C=O) groups is 2. The average Bonchev–Trinajstić information content (AvgIpc) is 3.36. The van der Waals surface area contributed by atoms with Gasteiger partial charge in [-0.15, -0.1) is 0 Å². The molecule has 5 rings (SSSR count). The van der Waals surface area contributed by atoms with Crippen LogP contribution in [0.2, 0.25) is 0 Å². The highest BCUT2D eigenvalue weighted by atomic mass is 32.2. The summed E-state index contributed by atoms with van der Waals surface area (Å²) in [6.45, 7) is 7.55. The number of nitrogens with zero attached hydrogens (tertiary/aromatic N) is 5. The molecule has 9 heteroatoms. The second-order valence-electron chi connectivity index (χ2n) is 7.50. The number of hydrogen-bond acceptors (Lipinski definition) is 7. The lowest BCUT2D eigenvalue weighted by Crippen LogP contribution is -2.46. The lowest BCUT2D eigenvalue weighted by atomic mass is 10.2. The monoisotopic (exact) mass is 434 g/mol. The number of anilines is 1. The summed E-state index contributed by atoms with van der Waals surface area (Å²) in [5, 5.41) is 7.30. The van der Waals surface area contributed by atoms with Crippen LogP contribution >= 0.6 is 11.8 Å². The summed E-state index contributed by atoms with van der Waals surface area (Å²) in [5.41, 5.74) is 3.44. The van der Waals surface area contributed by atoms with Gasteiger partial charge in [0.25, 0.3) is 11.1 Å². The molecule has 0 unspecified atom stereocenters. The van der Waals surface area contributed by atoms with Gasteiger partial charge in [0.05, 0.1) is 22.5 Å². The van der Waals surface area contributed by atoms with Gasteiger partial charge in [-0.3, -0.25) is 14.9 Å². The molecule has 0 aliphatic carbocycles. The van der Waals surface area contributed by atoms with E-state index in [4.69, 9.17) is 0 Å². The van der Waals surface area contributed by atoms with E-state index in [1.54, 1.807) is 17.0 Å². The summed E-state index contributed by atoms with van der Waals surface area (Å²) in [4.78, 5) is 33.1. The molecule has 1 aromatic carbocycles. The van der Waals surface area contributed by atoms with Gasteiger partial charge in [0.15, 0.2) is 5.65 Å². The van der Waals surface area contributed by atoms with Gasteiger partial charge in [0.1, 0.15) is 0 Å². The van der Waals surface area contributed by atoms with E-state index in [-0.39, 0.29) is 11.1 Å². The molecule has 1 N–H and O–H groups in total. The van der Waals surface area contributed by atoms with Crippen LogP contribution in [0.15, 0.2) is 47.5 Å². The Kier molecular flexibility index (Phi) is 5.21. The number of amides is 2. The number of aromatic nitrogens is 3. The summed E-state index contributed by atoms with van der Waals surface area (Å²) in [5.74, 6) is -0.388. The highest BCUT2D eigenvalue weighted by molar-refractivity contribution is 8.18. The van der Waals surface area contributed by atoms with Crippen LogP contribution in [0.1, 0.15) is 12.6 Å². The molecule has 2 saturated heterocycles. The molecule has 4 heterocycles. The number of likely N-dealkylation sites (N-methyl/N-ethyl adjacent to an activating group) is 1. The zero-order chi connectivity index (χ0) is 21.4. The van der Waals surface area contributed by atoms with Crippen molar-refractivity contribution in [3.8, 4) is 5.69 Å². The van der Waals surface area contributed by atoms with Crippen molar-refractivity contribution in [1.29, 1.82) is 0 Å². The fourth-order valence-electron chi connectivity index (χ4n) is 3.87. The Morgan fingerprint density at radius 3 is 2.45 bits per heavy atom. The van der Waals surface area contributed by atoms with Crippen molar-refractivity contribution in [2.45, 2.75) is 6.92 Å². The summed E-state index contributed by atoms with van der Waals surface area (Å²) < 4.78 is 1.79. The molecule has 0 saturated carbocycles. The first-order valence-corrected chi connectivity index (χ1v) is 11.1. The van der Waals surface area contributed by atoms with Crippen molar-refractivity contribution in [3.63, 3.8) is 0 Å². The minimum atomic E-state index is -0.388. The lowest BCUT2D eigenvalue weighted by Gasteiger charge is -2.35. The minimum Gasteiger partial charge on any atom is -0.369 e. The normalized spacial score (nSPS) is 18.9. The van der Waals surface area contributed by atoms with Crippen LogP contribution in [0.25, 0.3) is 22.8 Å². The van der Waals surface area contributed by atoms with Crippen LogP contribution in [0.5, 0.6) is 0 Å². The number of rotatable bonds is 4. The Morgan fingerprint density at radius 2 is 1.77 bits per heavy atom. The van der Waals surface area contributed by atoms with Crippen LogP contribution < -0.4 is 10.2 Å². The van der Waals surface area contributed by atoms with E-state index >= 15 is 0 Å². The second-order valence-corrected chi connectivity index (χ2v) is 8.51. The van der Waals surface area contributed by atoms with E-state index in [9.17, 15) is 9.59 Å². The predicted molar refractivity (Wildman–Crippen MR) is 122 cm³/mol. The van der Waals surface area contributed by atoms with Gasteiger partial charge in [-0.25, -0.2) is 9.67 Å². The van der Waals surface area contributed by atoms with E-state index < -0.39 is 0 Å². The molecule has 3 aromatic rings. The molecule has 31 heavy (non-hydrogen) atoms. The number of fused-ring (bicyclic) bond motifs is 1. The van der Waals surface area contributed by atoms with Gasteiger partial charge in [-0.05, 0) is 60.8 Å². The molecule has 2 aliphatic heterocycles. The molecule has 2 aromatic heterocycles. The fourth-order valence-corrected chi connectivity index (χ4v) is 4.54. The third-order valence-electron chi connectivity index (χ3n) is 5.64. The van der Waals surface area contributed by atoms with Crippen molar-refractivity contribution in [1.82, 2.24) is 25.0 Å². The quantitative estimate of drug-likeness (QED) is 0.632. The minimum absolute atomic E-state index is 0.343. The van der Waals surface area contributed by atoms with Crippen LogP contribution in [0.4, 0.5) is 10.5 Å². The topological polar surface area (TPSA) is 83.4 Å². The number of piperazine rings is 1. The number of pyridine rings is 1. The maximum atomic E-state index is 11.8. The first kappa shape index (κ1) is 19.8. The number of carbonyl (C=O) groups excluding carboxylic acids is 2. The highest BCUT2D eigenvalue weighted by Crippen LogP contribution is 2.26. The molecule has 158 valence electrons. The Balaban J connectivity index is 1.41. The Labute approximate surface area is 183 Å².